The van der Waals surface area contributed by atoms with Crippen molar-refractivity contribution in [2.75, 3.05) is 12.0 Å². The van der Waals surface area contributed by atoms with Crippen molar-refractivity contribution in [1.82, 2.24) is 26.6 Å². The second-order valence-electron chi connectivity index (χ2n) is 12.1. The Hall–Kier alpha value is -5.77. The maximum Gasteiger partial charge on any atom is 0.326 e. The van der Waals surface area contributed by atoms with E-state index < -0.39 is 121 Å². The number of thioether (sulfide) groups is 1. The summed E-state index contributed by atoms with van der Waals surface area (Å²) in [6.07, 6.45) is -1.44. The zero-order chi connectivity index (χ0) is 41.0. The van der Waals surface area contributed by atoms with E-state index in [9.17, 15) is 53.1 Å². The predicted molar refractivity (Wildman–Crippen MR) is 193 cm³/mol. The van der Waals surface area contributed by atoms with Gasteiger partial charge in [0.1, 0.15) is 30.2 Å². The van der Waals surface area contributed by atoms with Crippen molar-refractivity contribution >= 4 is 70.9 Å². The Labute approximate surface area is 314 Å². The fourth-order valence-corrected chi connectivity index (χ4v) is 5.22. The number of amides is 9. The Balaban J connectivity index is 3.28. The third-order valence-electron chi connectivity index (χ3n) is 7.57. The Bertz CT molecular complexity index is 1530. The van der Waals surface area contributed by atoms with Gasteiger partial charge in [-0.2, -0.15) is 11.8 Å². The van der Waals surface area contributed by atoms with E-state index in [1.54, 1.807) is 36.6 Å². The first-order valence-corrected chi connectivity index (χ1v) is 17.9. The number of carbonyl (C=O) groups excluding carboxylic acids is 9. The van der Waals surface area contributed by atoms with E-state index in [0.29, 0.717) is 11.3 Å². The van der Waals surface area contributed by atoms with Gasteiger partial charge in [-0.1, -0.05) is 30.3 Å². The predicted octanol–water partition coefficient (Wildman–Crippen LogP) is -4.90. The number of rotatable bonds is 26. The summed E-state index contributed by atoms with van der Waals surface area (Å²) in [6, 6.07) is -1.01. The Kier molecular flexibility index (Phi) is 20.3. The summed E-state index contributed by atoms with van der Waals surface area (Å²) in [6.45, 7) is 0. The molecule has 22 heteroatoms. The van der Waals surface area contributed by atoms with Gasteiger partial charge in [0, 0.05) is 19.3 Å². The van der Waals surface area contributed by atoms with Crippen LogP contribution in [0.5, 0.6) is 0 Å². The van der Waals surface area contributed by atoms with Crippen molar-refractivity contribution in [2.45, 2.75) is 87.6 Å². The van der Waals surface area contributed by atoms with Crippen LogP contribution in [0.1, 0.15) is 50.5 Å². The van der Waals surface area contributed by atoms with Gasteiger partial charge in [0.05, 0.1) is 18.9 Å². The van der Waals surface area contributed by atoms with Crippen LogP contribution < -0.4 is 55.3 Å². The Morgan fingerprint density at radius 1 is 0.574 bits per heavy atom. The van der Waals surface area contributed by atoms with E-state index >= 15 is 0 Å². The lowest BCUT2D eigenvalue weighted by Crippen LogP contribution is -2.60. The summed E-state index contributed by atoms with van der Waals surface area (Å²) in [4.78, 5) is 125. The van der Waals surface area contributed by atoms with Crippen LogP contribution in [0, 0.1) is 0 Å². The summed E-state index contributed by atoms with van der Waals surface area (Å²) in [7, 11) is 0. The molecule has 0 saturated heterocycles. The largest absolute Gasteiger partial charge is 0.480 e. The van der Waals surface area contributed by atoms with Crippen LogP contribution in [0.15, 0.2) is 30.3 Å². The lowest BCUT2D eigenvalue weighted by atomic mass is 10.0. The lowest BCUT2D eigenvalue weighted by molar-refractivity contribution is -0.142. The van der Waals surface area contributed by atoms with Gasteiger partial charge >= 0.3 is 5.97 Å². The fraction of sp³-hybridized carbons (Fsp3) is 0.500. The first kappa shape index (κ1) is 46.3. The van der Waals surface area contributed by atoms with Crippen LogP contribution in [-0.2, 0) is 54.4 Å². The molecule has 0 bridgehead atoms. The molecule has 0 spiro atoms. The molecule has 0 aliphatic carbocycles. The molecule has 1 rings (SSSR count). The molecular formula is C32H48N10O11S. The minimum atomic E-state index is -1.86. The minimum absolute atomic E-state index is 0.149. The molecule has 0 unspecified atom stereocenters. The maximum atomic E-state index is 13.4. The Morgan fingerprint density at radius 2 is 0.963 bits per heavy atom. The van der Waals surface area contributed by atoms with Crippen molar-refractivity contribution in [2.24, 2.45) is 28.7 Å². The minimum Gasteiger partial charge on any atom is -0.480 e. The highest BCUT2D eigenvalue weighted by Crippen LogP contribution is 2.08. The molecule has 298 valence electrons. The third-order valence-corrected chi connectivity index (χ3v) is 8.21. The zero-order valence-corrected chi connectivity index (χ0v) is 30.4. The number of hydrogen-bond acceptors (Lipinski definition) is 12. The number of nitrogens with two attached hydrogens (primary N) is 5. The van der Waals surface area contributed by atoms with Crippen LogP contribution >= 0.6 is 11.8 Å². The molecule has 54 heavy (non-hydrogen) atoms. The number of carboxylic acids is 1. The number of primary amides is 4. The second kappa shape index (κ2) is 23.7. The third kappa shape index (κ3) is 18.1. The molecule has 0 aliphatic rings. The number of nitrogens with one attached hydrogen (secondary N) is 5. The first-order valence-electron chi connectivity index (χ1n) is 16.5. The fourth-order valence-electron chi connectivity index (χ4n) is 4.73. The highest BCUT2D eigenvalue weighted by atomic mass is 32.2. The second-order valence-corrected chi connectivity index (χ2v) is 13.1. The maximum absolute atomic E-state index is 13.4. The van der Waals surface area contributed by atoms with Crippen molar-refractivity contribution < 1.29 is 53.1 Å². The average Bonchev–Trinajstić information content (AvgIpc) is 3.09. The van der Waals surface area contributed by atoms with E-state index in [0.717, 1.165) is 0 Å². The number of carboxylic acid groups (broad SMARTS) is 1. The van der Waals surface area contributed by atoms with Gasteiger partial charge in [0.2, 0.25) is 53.2 Å². The summed E-state index contributed by atoms with van der Waals surface area (Å²) >= 11 is 1.42. The quantitative estimate of drug-likeness (QED) is 0.0421. The highest BCUT2D eigenvalue weighted by molar-refractivity contribution is 7.98. The molecule has 16 N–H and O–H groups in total. The van der Waals surface area contributed by atoms with Crippen molar-refractivity contribution in [1.29, 1.82) is 0 Å². The molecule has 6 atom stereocenters. The normalized spacial score (nSPS) is 14.0. The van der Waals surface area contributed by atoms with Gasteiger partial charge in [-0.15, -0.1) is 0 Å². The van der Waals surface area contributed by atoms with E-state index in [2.05, 4.69) is 26.6 Å². The molecule has 1 aromatic carbocycles. The number of aliphatic carboxylic acids is 1. The summed E-state index contributed by atoms with van der Waals surface area (Å²) in [5, 5.41) is 21.0. The first-order chi connectivity index (χ1) is 25.3. The average molecular weight is 781 g/mol. The van der Waals surface area contributed by atoms with Gasteiger partial charge in [-0.25, -0.2) is 4.79 Å². The van der Waals surface area contributed by atoms with Crippen LogP contribution in [0.3, 0.4) is 0 Å². The van der Waals surface area contributed by atoms with Crippen molar-refractivity contribution in [3.63, 3.8) is 0 Å². The molecule has 0 saturated carbocycles. The molecule has 0 radical (unpaired) electrons. The monoisotopic (exact) mass is 780 g/mol. The van der Waals surface area contributed by atoms with E-state index in [1.807, 2.05) is 0 Å². The van der Waals surface area contributed by atoms with Crippen molar-refractivity contribution in [3.05, 3.63) is 35.9 Å². The number of carbonyl (C=O) groups is 10. The smallest absolute Gasteiger partial charge is 0.326 e. The summed E-state index contributed by atoms with van der Waals surface area (Å²) < 4.78 is 0. The molecule has 0 heterocycles. The molecule has 0 fully saturated rings. The SMILES string of the molecule is CSCC[C@H](N)C(=O)N[C@@H](CCC(N)=O)C(=O)N[C@@H](CC(N)=O)C(=O)N[C@@H](CC(N)=O)C(=O)N[C@@H](CCC(N)=O)C(=O)N[C@@H](Cc1ccccc1)C(=O)O. The van der Waals surface area contributed by atoms with E-state index in [1.165, 1.54) is 11.8 Å². The van der Waals surface area contributed by atoms with Crippen molar-refractivity contribution in [3.8, 4) is 0 Å². The lowest BCUT2D eigenvalue weighted by Gasteiger charge is -2.26. The summed E-state index contributed by atoms with van der Waals surface area (Å²) in [5.41, 5.74) is 27.4. The van der Waals surface area contributed by atoms with Crippen LogP contribution in [0.4, 0.5) is 0 Å². The van der Waals surface area contributed by atoms with E-state index in [4.69, 9.17) is 28.7 Å². The standard InChI is InChI=1S/C32H48N10O11S/c1-54-12-11-17(33)27(47)38-18(7-9-23(34)43)28(48)40-21(15-26(37)46)31(51)41-20(14-25(36)45)30(50)39-19(8-10-24(35)44)29(49)42-22(32(52)53)13-16-5-3-2-4-6-16/h2-6,17-22H,7-15,33H2,1H3,(H2,34,43)(H2,35,44)(H2,36,45)(H2,37,46)(H,38,47)(H,39,50)(H,40,48)(H,41,51)(H,42,49)(H,52,53)/t17-,18-,19-,20-,21-,22-/m0/s1. The van der Waals surface area contributed by atoms with Gasteiger partial charge < -0.3 is 60.4 Å². The molecule has 21 nitrogen and oxygen atoms in total. The van der Waals surface area contributed by atoms with E-state index in [-0.39, 0.29) is 25.7 Å². The number of hydrogen-bond donors (Lipinski definition) is 11. The molecular weight excluding hydrogens is 732 g/mol. The van der Waals surface area contributed by atoms with Gasteiger partial charge in [-0.05, 0) is 36.8 Å². The molecule has 0 aromatic heterocycles. The van der Waals surface area contributed by atoms with Gasteiger partial charge in [0.25, 0.3) is 0 Å². The van der Waals surface area contributed by atoms with Crippen LogP contribution in [0.2, 0.25) is 0 Å². The molecule has 0 aliphatic heterocycles. The van der Waals surface area contributed by atoms with Gasteiger partial charge in [-0.3, -0.25) is 43.2 Å². The molecule has 9 amide bonds. The van der Waals surface area contributed by atoms with Gasteiger partial charge in [0.15, 0.2) is 0 Å². The number of benzene rings is 1. The topological polar surface area (TPSA) is 381 Å². The zero-order valence-electron chi connectivity index (χ0n) is 29.5. The van der Waals surface area contributed by atoms with Crippen LogP contribution in [0.25, 0.3) is 0 Å². The van der Waals surface area contributed by atoms with Crippen LogP contribution in [-0.4, -0.2) is 113 Å². The Morgan fingerprint density at radius 3 is 1.35 bits per heavy atom. The molecule has 1 aromatic rings. The summed E-state index contributed by atoms with van der Waals surface area (Å²) in [5.74, 6) is -10.1. The highest BCUT2D eigenvalue weighted by Gasteiger charge is 2.34.